The van der Waals surface area contributed by atoms with Crippen molar-refractivity contribution in [1.82, 2.24) is 10.3 Å². The standard InChI is InChI=1S/C17H20N2O2/c1-12-4-5-16(13(2)10-12)21-14(3)17(20)19-11-15-6-8-18-9-7-15/h4-10,14H,11H2,1-3H3,(H,19,20). The molecule has 4 nitrogen and oxygen atoms in total. The Hall–Kier alpha value is -2.36. The quantitative estimate of drug-likeness (QED) is 0.918. The second-order valence-electron chi connectivity index (χ2n) is 5.10. The number of carbonyl (C=O) groups excluding carboxylic acids is 1. The Kier molecular flexibility index (Phi) is 4.93. The van der Waals surface area contributed by atoms with Crippen LogP contribution in [0.1, 0.15) is 23.6 Å². The summed E-state index contributed by atoms with van der Waals surface area (Å²) in [5.74, 6) is 0.610. The van der Waals surface area contributed by atoms with Crippen molar-refractivity contribution in [3.05, 3.63) is 59.4 Å². The molecule has 21 heavy (non-hydrogen) atoms. The van der Waals surface area contributed by atoms with Gasteiger partial charge in [0.25, 0.3) is 5.91 Å². The zero-order chi connectivity index (χ0) is 15.2. The van der Waals surface area contributed by atoms with Crippen LogP contribution in [0.3, 0.4) is 0 Å². The zero-order valence-corrected chi connectivity index (χ0v) is 12.6. The topological polar surface area (TPSA) is 51.2 Å². The molecule has 110 valence electrons. The number of ether oxygens (including phenoxy) is 1. The lowest BCUT2D eigenvalue weighted by atomic mass is 10.1. The molecule has 1 unspecified atom stereocenters. The van der Waals surface area contributed by atoms with Crippen LogP contribution in [0.4, 0.5) is 0 Å². The van der Waals surface area contributed by atoms with Crippen molar-refractivity contribution in [3.63, 3.8) is 0 Å². The molecule has 4 heteroatoms. The van der Waals surface area contributed by atoms with E-state index in [1.807, 2.05) is 44.2 Å². The second kappa shape index (κ2) is 6.88. The van der Waals surface area contributed by atoms with Gasteiger partial charge in [-0.05, 0) is 50.1 Å². The van der Waals surface area contributed by atoms with E-state index in [-0.39, 0.29) is 5.91 Å². The number of carbonyl (C=O) groups is 1. The number of benzene rings is 1. The van der Waals surface area contributed by atoms with Crippen LogP contribution < -0.4 is 10.1 Å². The third-order valence-corrected chi connectivity index (χ3v) is 3.22. The summed E-state index contributed by atoms with van der Waals surface area (Å²) in [4.78, 5) is 16.0. The van der Waals surface area contributed by atoms with Crippen molar-refractivity contribution in [2.75, 3.05) is 0 Å². The maximum absolute atomic E-state index is 12.0. The van der Waals surface area contributed by atoms with Crippen LogP contribution in [-0.2, 0) is 11.3 Å². The van der Waals surface area contributed by atoms with Crippen LogP contribution in [-0.4, -0.2) is 17.0 Å². The fourth-order valence-electron chi connectivity index (χ4n) is 2.01. The van der Waals surface area contributed by atoms with E-state index in [1.54, 1.807) is 19.3 Å². The lowest BCUT2D eigenvalue weighted by Crippen LogP contribution is -2.36. The molecule has 1 heterocycles. The molecule has 0 saturated heterocycles. The molecule has 1 atom stereocenters. The van der Waals surface area contributed by atoms with Crippen molar-refractivity contribution >= 4 is 5.91 Å². The van der Waals surface area contributed by atoms with E-state index in [2.05, 4.69) is 10.3 Å². The first-order chi connectivity index (χ1) is 10.1. The van der Waals surface area contributed by atoms with E-state index < -0.39 is 6.10 Å². The minimum atomic E-state index is -0.534. The van der Waals surface area contributed by atoms with Crippen molar-refractivity contribution in [1.29, 1.82) is 0 Å². The molecule has 0 aliphatic heterocycles. The Balaban J connectivity index is 1.90. The predicted octanol–water partition coefficient (Wildman–Crippen LogP) is 2.78. The normalized spacial score (nSPS) is 11.8. The molecule has 0 bridgehead atoms. The minimum Gasteiger partial charge on any atom is -0.481 e. The first-order valence-corrected chi connectivity index (χ1v) is 6.97. The molecule has 1 N–H and O–H groups in total. The van der Waals surface area contributed by atoms with Crippen LogP contribution in [0.2, 0.25) is 0 Å². The zero-order valence-electron chi connectivity index (χ0n) is 12.6. The molecule has 1 aromatic heterocycles. The highest BCUT2D eigenvalue weighted by Gasteiger charge is 2.15. The highest BCUT2D eigenvalue weighted by Crippen LogP contribution is 2.20. The van der Waals surface area contributed by atoms with Gasteiger partial charge < -0.3 is 10.1 Å². The molecule has 0 aliphatic rings. The van der Waals surface area contributed by atoms with Gasteiger partial charge in [0.15, 0.2) is 6.10 Å². The fraction of sp³-hybridized carbons (Fsp3) is 0.294. The van der Waals surface area contributed by atoms with Gasteiger partial charge in [0.1, 0.15) is 5.75 Å². The summed E-state index contributed by atoms with van der Waals surface area (Å²) in [5, 5.41) is 2.86. The van der Waals surface area contributed by atoms with Crippen LogP contribution in [0, 0.1) is 13.8 Å². The van der Waals surface area contributed by atoms with Crippen LogP contribution >= 0.6 is 0 Å². The summed E-state index contributed by atoms with van der Waals surface area (Å²) in [6.45, 7) is 6.23. The van der Waals surface area contributed by atoms with E-state index in [0.29, 0.717) is 6.54 Å². The number of hydrogen-bond donors (Lipinski definition) is 1. The highest BCUT2D eigenvalue weighted by atomic mass is 16.5. The number of aryl methyl sites for hydroxylation is 2. The molecule has 0 aliphatic carbocycles. The van der Waals surface area contributed by atoms with Crippen LogP contribution in [0.25, 0.3) is 0 Å². The molecule has 0 radical (unpaired) electrons. The Morgan fingerprint density at radius 3 is 2.62 bits per heavy atom. The van der Waals surface area contributed by atoms with Gasteiger partial charge in [-0.25, -0.2) is 0 Å². The largest absolute Gasteiger partial charge is 0.481 e. The summed E-state index contributed by atoms with van der Waals surface area (Å²) in [6.07, 6.45) is 2.88. The van der Waals surface area contributed by atoms with Crippen molar-refractivity contribution in [3.8, 4) is 5.75 Å². The molecule has 0 fully saturated rings. The average molecular weight is 284 g/mol. The predicted molar refractivity (Wildman–Crippen MR) is 82.1 cm³/mol. The number of nitrogens with one attached hydrogen (secondary N) is 1. The Bertz CT molecular complexity index is 611. The molecule has 2 aromatic rings. The van der Waals surface area contributed by atoms with Gasteiger partial charge in [-0.2, -0.15) is 0 Å². The average Bonchev–Trinajstić information content (AvgIpc) is 2.48. The molecular formula is C17H20N2O2. The van der Waals surface area contributed by atoms with Gasteiger partial charge >= 0.3 is 0 Å². The number of pyridine rings is 1. The first kappa shape index (κ1) is 15.0. The SMILES string of the molecule is Cc1ccc(OC(C)C(=O)NCc2ccncc2)c(C)c1. The number of amides is 1. The van der Waals surface area contributed by atoms with Crippen molar-refractivity contribution < 1.29 is 9.53 Å². The number of aromatic nitrogens is 1. The lowest BCUT2D eigenvalue weighted by molar-refractivity contribution is -0.127. The smallest absolute Gasteiger partial charge is 0.261 e. The van der Waals surface area contributed by atoms with Gasteiger partial charge in [-0.1, -0.05) is 17.7 Å². The van der Waals surface area contributed by atoms with Gasteiger partial charge in [0.2, 0.25) is 0 Å². The Morgan fingerprint density at radius 2 is 1.95 bits per heavy atom. The lowest BCUT2D eigenvalue weighted by Gasteiger charge is -2.16. The number of hydrogen-bond acceptors (Lipinski definition) is 3. The summed E-state index contributed by atoms with van der Waals surface area (Å²) < 4.78 is 5.73. The summed E-state index contributed by atoms with van der Waals surface area (Å²) in [6, 6.07) is 9.66. The monoisotopic (exact) mass is 284 g/mol. The van der Waals surface area contributed by atoms with Crippen molar-refractivity contribution in [2.45, 2.75) is 33.4 Å². The van der Waals surface area contributed by atoms with E-state index in [4.69, 9.17) is 4.74 Å². The highest BCUT2D eigenvalue weighted by molar-refractivity contribution is 5.80. The molecular weight excluding hydrogens is 264 g/mol. The fourth-order valence-corrected chi connectivity index (χ4v) is 2.01. The van der Waals surface area contributed by atoms with Gasteiger partial charge in [0.05, 0.1) is 0 Å². The maximum atomic E-state index is 12.0. The minimum absolute atomic E-state index is 0.133. The number of nitrogens with zero attached hydrogens (tertiary/aromatic N) is 1. The summed E-state index contributed by atoms with van der Waals surface area (Å²) in [7, 11) is 0. The van der Waals surface area contributed by atoms with Crippen LogP contribution in [0.15, 0.2) is 42.7 Å². The van der Waals surface area contributed by atoms with E-state index in [1.165, 1.54) is 5.56 Å². The summed E-state index contributed by atoms with van der Waals surface area (Å²) in [5.41, 5.74) is 3.22. The summed E-state index contributed by atoms with van der Waals surface area (Å²) >= 11 is 0. The van der Waals surface area contributed by atoms with E-state index in [9.17, 15) is 4.79 Å². The van der Waals surface area contributed by atoms with E-state index >= 15 is 0 Å². The van der Waals surface area contributed by atoms with Gasteiger partial charge in [-0.3, -0.25) is 9.78 Å². The molecule has 1 aromatic carbocycles. The Labute approximate surface area is 125 Å². The maximum Gasteiger partial charge on any atom is 0.261 e. The van der Waals surface area contributed by atoms with Gasteiger partial charge in [-0.15, -0.1) is 0 Å². The third-order valence-electron chi connectivity index (χ3n) is 3.22. The first-order valence-electron chi connectivity index (χ1n) is 6.97. The molecule has 0 saturated carbocycles. The van der Waals surface area contributed by atoms with Gasteiger partial charge in [0, 0.05) is 18.9 Å². The number of rotatable bonds is 5. The second-order valence-corrected chi connectivity index (χ2v) is 5.10. The molecule has 0 spiro atoms. The third kappa shape index (κ3) is 4.31. The Morgan fingerprint density at radius 1 is 1.24 bits per heavy atom. The molecule has 1 amide bonds. The van der Waals surface area contributed by atoms with Crippen LogP contribution in [0.5, 0.6) is 5.75 Å². The van der Waals surface area contributed by atoms with E-state index in [0.717, 1.165) is 16.9 Å². The molecule has 2 rings (SSSR count). The van der Waals surface area contributed by atoms with Crippen molar-refractivity contribution in [2.24, 2.45) is 0 Å².